The average molecular weight is 262 g/mol. The van der Waals surface area contributed by atoms with Crippen LogP contribution < -0.4 is 5.32 Å². The minimum absolute atomic E-state index is 0.0547. The number of nitrogens with zero attached hydrogens (tertiary/aromatic N) is 1. The van der Waals surface area contributed by atoms with Crippen molar-refractivity contribution in [2.45, 2.75) is 25.3 Å². The second kappa shape index (κ2) is 6.68. The Labute approximate surface area is 114 Å². The van der Waals surface area contributed by atoms with Crippen LogP contribution in [0.2, 0.25) is 0 Å². The Morgan fingerprint density at radius 2 is 1.89 bits per heavy atom. The maximum absolute atomic E-state index is 11.5. The Bertz CT molecular complexity index is 411. The molecule has 1 saturated heterocycles. The predicted octanol–water partition coefficient (Wildman–Crippen LogP) is 1.57. The van der Waals surface area contributed by atoms with E-state index in [9.17, 15) is 9.90 Å². The summed E-state index contributed by atoms with van der Waals surface area (Å²) >= 11 is 0. The summed E-state index contributed by atoms with van der Waals surface area (Å²) in [7, 11) is 1.63. The van der Waals surface area contributed by atoms with Gasteiger partial charge in [-0.15, -0.1) is 0 Å². The smallest absolute Gasteiger partial charge is 0.251 e. The van der Waals surface area contributed by atoms with Gasteiger partial charge in [-0.05, 0) is 43.6 Å². The lowest BCUT2D eigenvalue weighted by Crippen LogP contribution is -2.35. The van der Waals surface area contributed by atoms with Crippen LogP contribution in [0, 0.1) is 0 Å². The van der Waals surface area contributed by atoms with E-state index in [-0.39, 0.29) is 18.6 Å². The Morgan fingerprint density at radius 1 is 1.26 bits per heavy atom. The molecule has 1 unspecified atom stereocenters. The summed E-state index contributed by atoms with van der Waals surface area (Å²) in [5.74, 6) is -0.0786. The van der Waals surface area contributed by atoms with Crippen molar-refractivity contribution in [2.75, 3.05) is 26.7 Å². The van der Waals surface area contributed by atoms with Crippen LogP contribution in [-0.2, 0) is 0 Å². The van der Waals surface area contributed by atoms with Crippen LogP contribution in [0.25, 0.3) is 0 Å². The van der Waals surface area contributed by atoms with Crippen LogP contribution >= 0.6 is 0 Å². The molecule has 0 saturated carbocycles. The second-order valence-corrected chi connectivity index (χ2v) is 5.00. The first-order valence-corrected chi connectivity index (χ1v) is 6.93. The van der Waals surface area contributed by atoms with Crippen molar-refractivity contribution in [1.82, 2.24) is 10.2 Å². The van der Waals surface area contributed by atoms with E-state index in [2.05, 4.69) is 10.2 Å². The lowest BCUT2D eigenvalue weighted by molar-refractivity contribution is 0.0962. The predicted molar refractivity (Wildman–Crippen MR) is 75.1 cm³/mol. The van der Waals surface area contributed by atoms with Crippen molar-refractivity contribution >= 4 is 5.91 Å². The number of hydrogen-bond donors (Lipinski definition) is 2. The standard InChI is InChI=1S/C15H22N2O2/c1-16-15(19)13-7-5-12(6-8-13)14(11-18)17-9-3-2-4-10-17/h5-8,14,18H,2-4,9-11H2,1H3,(H,16,19). The molecule has 4 heteroatoms. The van der Waals surface area contributed by atoms with Gasteiger partial charge in [0.1, 0.15) is 0 Å². The van der Waals surface area contributed by atoms with Gasteiger partial charge in [-0.25, -0.2) is 0 Å². The van der Waals surface area contributed by atoms with Crippen molar-refractivity contribution in [3.63, 3.8) is 0 Å². The lowest BCUT2D eigenvalue weighted by Gasteiger charge is -2.33. The molecule has 104 valence electrons. The summed E-state index contributed by atoms with van der Waals surface area (Å²) in [5.41, 5.74) is 1.73. The summed E-state index contributed by atoms with van der Waals surface area (Å²) in [6.45, 7) is 2.21. The highest BCUT2D eigenvalue weighted by Gasteiger charge is 2.21. The molecular weight excluding hydrogens is 240 g/mol. The van der Waals surface area contributed by atoms with Gasteiger partial charge < -0.3 is 10.4 Å². The van der Waals surface area contributed by atoms with Crippen LogP contribution in [0.15, 0.2) is 24.3 Å². The highest BCUT2D eigenvalue weighted by molar-refractivity contribution is 5.93. The van der Waals surface area contributed by atoms with Crippen molar-refractivity contribution in [1.29, 1.82) is 0 Å². The van der Waals surface area contributed by atoms with E-state index in [1.54, 1.807) is 7.05 Å². The van der Waals surface area contributed by atoms with Gasteiger partial charge in [0, 0.05) is 12.6 Å². The van der Waals surface area contributed by atoms with E-state index in [1.165, 1.54) is 19.3 Å². The molecule has 2 rings (SSSR count). The normalized spacial score (nSPS) is 18.0. The summed E-state index contributed by atoms with van der Waals surface area (Å²) < 4.78 is 0. The topological polar surface area (TPSA) is 52.6 Å². The molecule has 1 heterocycles. The lowest BCUT2D eigenvalue weighted by atomic mass is 10.0. The first-order chi connectivity index (χ1) is 9.26. The number of benzene rings is 1. The molecule has 0 aliphatic carbocycles. The summed E-state index contributed by atoms with van der Waals surface area (Å²) in [4.78, 5) is 13.8. The second-order valence-electron chi connectivity index (χ2n) is 5.00. The largest absolute Gasteiger partial charge is 0.394 e. The Kier molecular flexibility index (Phi) is 4.93. The van der Waals surface area contributed by atoms with Gasteiger partial charge in [0.25, 0.3) is 5.91 Å². The van der Waals surface area contributed by atoms with Gasteiger partial charge >= 0.3 is 0 Å². The maximum Gasteiger partial charge on any atom is 0.251 e. The van der Waals surface area contributed by atoms with Gasteiger partial charge in [0.2, 0.25) is 0 Å². The van der Waals surface area contributed by atoms with E-state index < -0.39 is 0 Å². The molecule has 0 radical (unpaired) electrons. The third-order valence-electron chi connectivity index (χ3n) is 3.79. The molecule has 4 nitrogen and oxygen atoms in total. The number of aliphatic hydroxyl groups is 1. The summed E-state index contributed by atoms with van der Waals surface area (Å²) in [6, 6.07) is 7.58. The molecule has 0 aromatic heterocycles. The third kappa shape index (κ3) is 3.33. The van der Waals surface area contributed by atoms with Crippen molar-refractivity contribution < 1.29 is 9.90 Å². The van der Waals surface area contributed by atoms with E-state index in [0.29, 0.717) is 5.56 Å². The number of hydrogen-bond acceptors (Lipinski definition) is 3. The number of carbonyl (C=O) groups is 1. The minimum Gasteiger partial charge on any atom is -0.394 e. The van der Waals surface area contributed by atoms with Gasteiger partial charge in [0.05, 0.1) is 12.6 Å². The van der Waals surface area contributed by atoms with Crippen LogP contribution in [0.5, 0.6) is 0 Å². The zero-order valence-electron chi connectivity index (χ0n) is 11.4. The van der Waals surface area contributed by atoms with Gasteiger partial charge in [-0.3, -0.25) is 9.69 Å². The van der Waals surface area contributed by atoms with Crippen LogP contribution in [0.1, 0.15) is 41.2 Å². The first kappa shape index (κ1) is 14.0. The first-order valence-electron chi connectivity index (χ1n) is 6.93. The van der Waals surface area contributed by atoms with Crippen LogP contribution in [0.4, 0.5) is 0 Å². The molecule has 1 atom stereocenters. The molecular formula is C15H22N2O2. The number of carbonyl (C=O) groups excluding carboxylic acids is 1. The van der Waals surface area contributed by atoms with E-state index in [1.807, 2.05) is 24.3 Å². The fraction of sp³-hybridized carbons (Fsp3) is 0.533. The molecule has 1 fully saturated rings. The summed E-state index contributed by atoms with van der Waals surface area (Å²) in [6.07, 6.45) is 3.68. The van der Waals surface area contributed by atoms with Crippen LogP contribution in [0.3, 0.4) is 0 Å². The molecule has 1 aliphatic rings. The van der Waals surface area contributed by atoms with Gasteiger partial charge in [-0.2, -0.15) is 0 Å². The number of piperidine rings is 1. The summed E-state index contributed by atoms with van der Waals surface area (Å²) in [5, 5.41) is 12.2. The molecule has 2 N–H and O–H groups in total. The minimum atomic E-state index is -0.0786. The molecule has 0 spiro atoms. The zero-order valence-corrected chi connectivity index (χ0v) is 11.4. The number of rotatable bonds is 4. The zero-order chi connectivity index (χ0) is 13.7. The van der Waals surface area contributed by atoms with Gasteiger partial charge in [0.15, 0.2) is 0 Å². The van der Waals surface area contributed by atoms with Crippen molar-refractivity contribution in [3.8, 4) is 0 Å². The monoisotopic (exact) mass is 262 g/mol. The third-order valence-corrected chi connectivity index (χ3v) is 3.79. The Hall–Kier alpha value is -1.39. The van der Waals surface area contributed by atoms with E-state index in [4.69, 9.17) is 0 Å². The Morgan fingerprint density at radius 3 is 2.42 bits per heavy atom. The molecule has 0 bridgehead atoms. The molecule has 19 heavy (non-hydrogen) atoms. The number of amides is 1. The van der Waals surface area contributed by atoms with Crippen molar-refractivity contribution in [2.24, 2.45) is 0 Å². The molecule has 1 amide bonds. The fourth-order valence-electron chi connectivity index (χ4n) is 2.66. The average Bonchev–Trinajstić information content (AvgIpc) is 2.49. The fourth-order valence-corrected chi connectivity index (χ4v) is 2.66. The number of aliphatic hydroxyl groups excluding tert-OH is 1. The molecule has 1 aromatic carbocycles. The Balaban J connectivity index is 2.12. The quantitative estimate of drug-likeness (QED) is 0.866. The van der Waals surface area contributed by atoms with E-state index >= 15 is 0 Å². The highest BCUT2D eigenvalue weighted by atomic mass is 16.3. The SMILES string of the molecule is CNC(=O)c1ccc(C(CO)N2CCCCC2)cc1. The highest BCUT2D eigenvalue weighted by Crippen LogP contribution is 2.24. The van der Waals surface area contributed by atoms with Crippen molar-refractivity contribution in [3.05, 3.63) is 35.4 Å². The van der Waals surface area contributed by atoms with Crippen LogP contribution in [-0.4, -0.2) is 42.7 Å². The number of likely N-dealkylation sites (tertiary alicyclic amines) is 1. The maximum atomic E-state index is 11.5. The number of nitrogens with one attached hydrogen (secondary N) is 1. The molecule has 1 aliphatic heterocycles. The molecule has 1 aromatic rings. The van der Waals surface area contributed by atoms with Gasteiger partial charge in [-0.1, -0.05) is 18.6 Å². The van der Waals surface area contributed by atoms with E-state index in [0.717, 1.165) is 18.7 Å².